The van der Waals surface area contributed by atoms with E-state index in [4.69, 9.17) is 10.9 Å². The fourth-order valence-corrected chi connectivity index (χ4v) is 3.43. The molecule has 0 aliphatic heterocycles. The van der Waals surface area contributed by atoms with Crippen molar-refractivity contribution in [2.45, 2.75) is 52.1 Å². The average molecular weight is 289 g/mol. The van der Waals surface area contributed by atoms with E-state index < -0.39 is 0 Å². The first kappa shape index (κ1) is 15.8. The molecule has 1 aliphatic rings. The molecule has 2 atom stereocenters. The number of rotatable bonds is 5. The molecule has 0 heterocycles. The molecule has 2 unspecified atom stereocenters. The predicted octanol–water partition coefficient (Wildman–Crippen LogP) is 3.09. The number of nitrogens with two attached hydrogens (primary N) is 1. The van der Waals surface area contributed by atoms with Crippen molar-refractivity contribution >= 4 is 5.84 Å². The van der Waals surface area contributed by atoms with Gasteiger partial charge in [0.25, 0.3) is 0 Å². The van der Waals surface area contributed by atoms with Crippen molar-refractivity contribution in [2.24, 2.45) is 22.7 Å². The van der Waals surface area contributed by atoms with E-state index in [1.807, 2.05) is 24.3 Å². The molecule has 1 fully saturated rings. The Morgan fingerprint density at radius 1 is 1.33 bits per heavy atom. The molecule has 4 nitrogen and oxygen atoms in total. The van der Waals surface area contributed by atoms with E-state index in [0.29, 0.717) is 12.0 Å². The Hall–Kier alpha value is -1.55. The Bertz CT molecular complexity index is 485. The fourth-order valence-electron chi connectivity index (χ4n) is 3.43. The lowest BCUT2D eigenvalue weighted by atomic mass is 9.78. The third-order valence-electron chi connectivity index (χ3n) is 4.63. The Morgan fingerprint density at radius 3 is 2.76 bits per heavy atom. The van der Waals surface area contributed by atoms with Crippen LogP contribution in [0.3, 0.4) is 0 Å². The van der Waals surface area contributed by atoms with Crippen molar-refractivity contribution in [1.29, 1.82) is 0 Å². The number of hydrogen-bond acceptors (Lipinski definition) is 3. The molecule has 116 valence electrons. The van der Waals surface area contributed by atoms with Gasteiger partial charge in [-0.1, -0.05) is 56.1 Å². The first-order chi connectivity index (χ1) is 10.1. The minimum atomic E-state index is 0.177. The van der Waals surface area contributed by atoms with Gasteiger partial charge in [-0.25, -0.2) is 0 Å². The number of nitrogens with zero attached hydrogens (tertiary/aromatic N) is 1. The van der Waals surface area contributed by atoms with Gasteiger partial charge in [-0.3, -0.25) is 0 Å². The highest BCUT2D eigenvalue weighted by Crippen LogP contribution is 2.30. The van der Waals surface area contributed by atoms with Gasteiger partial charge in [0.2, 0.25) is 0 Å². The molecule has 4 N–H and O–H groups in total. The van der Waals surface area contributed by atoms with Crippen LogP contribution in [0.2, 0.25) is 0 Å². The topological polar surface area (TPSA) is 70.6 Å². The van der Waals surface area contributed by atoms with Gasteiger partial charge in [-0.05, 0) is 30.2 Å². The SMILES string of the molecule is CC(C)C1CCCCC1NCc1ccccc1/C(N)=N/O. The highest BCUT2D eigenvalue weighted by molar-refractivity contribution is 5.98. The van der Waals surface area contributed by atoms with Crippen LogP contribution in [-0.2, 0) is 6.54 Å². The van der Waals surface area contributed by atoms with Crippen molar-refractivity contribution in [3.63, 3.8) is 0 Å². The molecular formula is C17H27N3O. The van der Waals surface area contributed by atoms with Gasteiger partial charge in [-0.2, -0.15) is 0 Å². The van der Waals surface area contributed by atoms with Crippen LogP contribution in [0, 0.1) is 11.8 Å². The second-order valence-electron chi connectivity index (χ2n) is 6.32. The van der Waals surface area contributed by atoms with Crippen LogP contribution in [0.25, 0.3) is 0 Å². The highest BCUT2D eigenvalue weighted by atomic mass is 16.4. The van der Waals surface area contributed by atoms with E-state index in [1.54, 1.807) is 0 Å². The van der Waals surface area contributed by atoms with E-state index in [9.17, 15) is 0 Å². The summed E-state index contributed by atoms with van der Waals surface area (Å²) in [6.45, 7) is 5.39. The van der Waals surface area contributed by atoms with Crippen molar-refractivity contribution < 1.29 is 5.21 Å². The lowest BCUT2D eigenvalue weighted by Gasteiger charge is -2.35. The molecule has 0 aromatic heterocycles. The van der Waals surface area contributed by atoms with Gasteiger partial charge in [0, 0.05) is 18.2 Å². The van der Waals surface area contributed by atoms with Gasteiger partial charge in [0.05, 0.1) is 0 Å². The molecule has 0 amide bonds. The molecule has 0 saturated heterocycles. The second-order valence-corrected chi connectivity index (χ2v) is 6.32. The van der Waals surface area contributed by atoms with Gasteiger partial charge in [0.15, 0.2) is 5.84 Å². The van der Waals surface area contributed by atoms with E-state index in [-0.39, 0.29) is 5.84 Å². The maximum atomic E-state index is 8.89. The standard InChI is InChI=1S/C17H27N3O/c1-12(2)14-8-5-6-10-16(14)19-11-13-7-3-4-9-15(13)17(18)20-21/h3-4,7,9,12,14,16,19,21H,5-6,8,10-11H2,1-2H3,(H2,18,20). The quantitative estimate of drug-likeness (QED) is 0.337. The first-order valence-corrected chi connectivity index (χ1v) is 7.92. The summed E-state index contributed by atoms with van der Waals surface area (Å²) in [6.07, 6.45) is 5.22. The van der Waals surface area contributed by atoms with Crippen molar-refractivity contribution in [2.75, 3.05) is 0 Å². The van der Waals surface area contributed by atoms with Crippen molar-refractivity contribution in [3.8, 4) is 0 Å². The molecule has 4 heteroatoms. The Labute approximate surface area is 127 Å². The van der Waals surface area contributed by atoms with Crippen LogP contribution in [0.5, 0.6) is 0 Å². The zero-order valence-electron chi connectivity index (χ0n) is 13.0. The lowest BCUT2D eigenvalue weighted by molar-refractivity contribution is 0.204. The number of amidine groups is 1. The predicted molar refractivity (Wildman–Crippen MR) is 86.4 cm³/mol. The van der Waals surface area contributed by atoms with E-state index in [0.717, 1.165) is 23.6 Å². The molecule has 2 rings (SSSR count). The summed E-state index contributed by atoms with van der Waals surface area (Å²) in [7, 11) is 0. The number of nitrogens with one attached hydrogen (secondary N) is 1. The van der Waals surface area contributed by atoms with E-state index >= 15 is 0 Å². The third-order valence-corrected chi connectivity index (χ3v) is 4.63. The number of benzene rings is 1. The molecule has 1 saturated carbocycles. The fraction of sp³-hybridized carbons (Fsp3) is 0.588. The average Bonchev–Trinajstić information content (AvgIpc) is 2.52. The first-order valence-electron chi connectivity index (χ1n) is 7.92. The molecular weight excluding hydrogens is 262 g/mol. The normalized spacial score (nSPS) is 23.5. The van der Waals surface area contributed by atoms with Crippen LogP contribution >= 0.6 is 0 Å². The largest absolute Gasteiger partial charge is 0.409 e. The Balaban J connectivity index is 2.05. The van der Waals surface area contributed by atoms with Crippen LogP contribution in [-0.4, -0.2) is 17.1 Å². The summed E-state index contributed by atoms with van der Waals surface area (Å²) < 4.78 is 0. The zero-order valence-corrected chi connectivity index (χ0v) is 13.0. The van der Waals surface area contributed by atoms with Crippen LogP contribution in [0.15, 0.2) is 29.4 Å². The summed E-state index contributed by atoms with van der Waals surface area (Å²) in [4.78, 5) is 0. The van der Waals surface area contributed by atoms with Gasteiger partial charge < -0.3 is 16.3 Å². The molecule has 21 heavy (non-hydrogen) atoms. The van der Waals surface area contributed by atoms with Crippen LogP contribution in [0.4, 0.5) is 0 Å². The minimum absolute atomic E-state index is 0.177. The second kappa shape index (κ2) is 7.46. The monoisotopic (exact) mass is 289 g/mol. The van der Waals surface area contributed by atoms with Crippen molar-refractivity contribution in [3.05, 3.63) is 35.4 Å². The summed E-state index contributed by atoms with van der Waals surface area (Å²) in [5.41, 5.74) is 7.65. The summed E-state index contributed by atoms with van der Waals surface area (Å²) in [5.74, 6) is 1.63. The van der Waals surface area contributed by atoms with Crippen LogP contribution in [0.1, 0.15) is 50.7 Å². The summed E-state index contributed by atoms with van der Waals surface area (Å²) in [6, 6.07) is 8.40. The summed E-state index contributed by atoms with van der Waals surface area (Å²) >= 11 is 0. The lowest BCUT2D eigenvalue weighted by Crippen LogP contribution is -2.40. The minimum Gasteiger partial charge on any atom is -0.409 e. The third kappa shape index (κ3) is 3.97. The Kier molecular flexibility index (Phi) is 5.62. The number of hydrogen-bond donors (Lipinski definition) is 3. The van der Waals surface area contributed by atoms with Gasteiger partial charge in [0.1, 0.15) is 0 Å². The molecule has 0 spiro atoms. The van der Waals surface area contributed by atoms with E-state index in [2.05, 4.69) is 24.3 Å². The highest BCUT2D eigenvalue weighted by Gasteiger charge is 2.27. The molecule has 1 aromatic rings. The maximum Gasteiger partial charge on any atom is 0.170 e. The molecule has 0 radical (unpaired) electrons. The number of oxime groups is 1. The van der Waals surface area contributed by atoms with Gasteiger partial charge in [-0.15, -0.1) is 0 Å². The molecule has 1 aliphatic carbocycles. The van der Waals surface area contributed by atoms with Gasteiger partial charge >= 0.3 is 0 Å². The van der Waals surface area contributed by atoms with Crippen molar-refractivity contribution in [1.82, 2.24) is 5.32 Å². The zero-order chi connectivity index (χ0) is 15.2. The molecule has 1 aromatic carbocycles. The Morgan fingerprint density at radius 2 is 2.05 bits per heavy atom. The maximum absolute atomic E-state index is 8.89. The molecule has 0 bridgehead atoms. The van der Waals surface area contributed by atoms with Crippen LogP contribution < -0.4 is 11.1 Å². The smallest absolute Gasteiger partial charge is 0.170 e. The van der Waals surface area contributed by atoms with E-state index in [1.165, 1.54) is 25.7 Å². The summed E-state index contributed by atoms with van der Waals surface area (Å²) in [5, 5.41) is 15.7.